The summed E-state index contributed by atoms with van der Waals surface area (Å²) in [6, 6.07) is 2.95. The van der Waals surface area contributed by atoms with Crippen molar-refractivity contribution in [2.24, 2.45) is 5.73 Å². The molecule has 0 saturated heterocycles. The monoisotopic (exact) mass is 234 g/mol. The fourth-order valence-electron chi connectivity index (χ4n) is 1.29. The molecule has 0 unspecified atom stereocenters. The minimum Gasteiger partial charge on any atom is -0.345 e. The van der Waals surface area contributed by atoms with Crippen LogP contribution in [0.3, 0.4) is 0 Å². The quantitative estimate of drug-likeness (QED) is 0.834. The van der Waals surface area contributed by atoms with Gasteiger partial charge in [0.15, 0.2) is 11.3 Å². The molecule has 2 rings (SSSR count). The molecule has 2 aromatic rings. The average molecular weight is 234 g/mol. The van der Waals surface area contributed by atoms with Crippen LogP contribution in [-0.4, -0.2) is 14.7 Å². The number of pyridine rings is 1. The van der Waals surface area contributed by atoms with Gasteiger partial charge >= 0.3 is 0 Å². The zero-order valence-corrected chi connectivity index (χ0v) is 9.75. The molecule has 0 atom stereocenters. The van der Waals surface area contributed by atoms with Gasteiger partial charge in [0.05, 0.1) is 5.54 Å². The highest BCUT2D eigenvalue weighted by Gasteiger charge is 2.21. The molecule has 0 bridgehead atoms. The summed E-state index contributed by atoms with van der Waals surface area (Å²) >= 11 is 0. The van der Waals surface area contributed by atoms with Crippen molar-refractivity contribution < 1.29 is 4.52 Å². The van der Waals surface area contributed by atoms with Gasteiger partial charge in [0.2, 0.25) is 5.89 Å². The molecule has 2 heterocycles. The molecule has 0 saturated carbocycles. The highest BCUT2D eigenvalue weighted by Crippen LogP contribution is 2.12. The van der Waals surface area contributed by atoms with E-state index in [0.29, 0.717) is 18.3 Å². The van der Waals surface area contributed by atoms with E-state index in [0.717, 1.165) is 0 Å². The van der Waals surface area contributed by atoms with Crippen molar-refractivity contribution in [1.29, 1.82) is 0 Å². The maximum atomic E-state index is 10.9. The predicted molar refractivity (Wildman–Crippen MR) is 61.3 cm³/mol. The minimum absolute atomic E-state index is 0.0319. The van der Waals surface area contributed by atoms with Gasteiger partial charge in [-0.2, -0.15) is 4.98 Å². The smallest absolute Gasteiger partial charge is 0.246 e. The lowest BCUT2D eigenvalue weighted by atomic mass is 10.1. The summed E-state index contributed by atoms with van der Waals surface area (Å²) in [4.78, 5) is 15.1. The molecular weight excluding hydrogens is 220 g/mol. The Morgan fingerprint density at radius 2 is 2.06 bits per heavy atom. The number of hydrogen-bond donors (Lipinski definition) is 1. The van der Waals surface area contributed by atoms with Gasteiger partial charge in [-0.05, 0) is 13.8 Å². The predicted octanol–water partition coefficient (Wildman–Crippen LogP) is 0.473. The van der Waals surface area contributed by atoms with Crippen LogP contribution in [0.4, 0.5) is 0 Å². The number of nitrogens with two attached hydrogens (primary N) is 1. The SMILES string of the molecule is CC(C)(N)c1noc(Cn2ccc(=O)cc2)n1. The van der Waals surface area contributed by atoms with E-state index in [2.05, 4.69) is 10.1 Å². The molecule has 17 heavy (non-hydrogen) atoms. The Balaban J connectivity index is 2.17. The third kappa shape index (κ3) is 2.79. The van der Waals surface area contributed by atoms with E-state index in [1.54, 1.807) is 30.8 Å². The zero-order valence-electron chi connectivity index (χ0n) is 9.75. The molecule has 90 valence electrons. The maximum absolute atomic E-state index is 10.9. The summed E-state index contributed by atoms with van der Waals surface area (Å²) in [7, 11) is 0. The number of hydrogen-bond acceptors (Lipinski definition) is 5. The number of rotatable bonds is 3. The lowest BCUT2D eigenvalue weighted by Gasteiger charge is -2.11. The van der Waals surface area contributed by atoms with Crippen molar-refractivity contribution in [2.75, 3.05) is 0 Å². The maximum Gasteiger partial charge on any atom is 0.246 e. The van der Waals surface area contributed by atoms with Gasteiger partial charge in [-0.1, -0.05) is 5.16 Å². The van der Waals surface area contributed by atoms with Crippen molar-refractivity contribution in [3.8, 4) is 0 Å². The molecule has 2 N–H and O–H groups in total. The van der Waals surface area contributed by atoms with Crippen LogP contribution in [0.5, 0.6) is 0 Å². The molecule has 0 radical (unpaired) electrons. The van der Waals surface area contributed by atoms with Gasteiger partial charge in [0, 0.05) is 24.5 Å². The second kappa shape index (κ2) is 4.14. The molecule has 0 spiro atoms. The molecule has 0 amide bonds. The molecule has 2 aromatic heterocycles. The van der Waals surface area contributed by atoms with Crippen LogP contribution in [0.1, 0.15) is 25.6 Å². The molecule has 6 nitrogen and oxygen atoms in total. The van der Waals surface area contributed by atoms with Gasteiger partial charge in [0.25, 0.3) is 0 Å². The van der Waals surface area contributed by atoms with E-state index in [1.165, 1.54) is 12.1 Å². The first-order valence-corrected chi connectivity index (χ1v) is 5.23. The Labute approximate surface area is 98.1 Å². The summed E-state index contributed by atoms with van der Waals surface area (Å²) in [5.74, 6) is 0.927. The van der Waals surface area contributed by atoms with Crippen molar-refractivity contribution in [1.82, 2.24) is 14.7 Å². The van der Waals surface area contributed by atoms with Gasteiger partial charge in [-0.15, -0.1) is 0 Å². The van der Waals surface area contributed by atoms with Crippen LogP contribution in [0.2, 0.25) is 0 Å². The lowest BCUT2D eigenvalue weighted by molar-refractivity contribution is 0.355. The summed E-state index contributed by atoms with van der Waals surface area (Å²) in [6.07, 6.45) is 3.33. The van der Waals surface area contributed by atoms with Gasteiger partial charge < -0.3 is 14.8 Å². The first-order chi connectivity index (χ1) is 7.95. The number of aromatic nitrogens is 3. The van der Waals surface area contributed by atoms with E-state index < -0.39 is 5.54 Å². The molecule has 6 heteroatoms. The van der Waals surface area contributed by atoms with Crippen LogP contribution < -0.4 is 11.2 Å². The van der Waals surface area contributed by atoms with E-state index in [-0.39, 0.29) is 5.43 Å². The third-order valence-electron chi connectivity index (χ3n) is 2.22. The molecule has 0 aliphatic carbocycles. The van der Waals surface area contributed by atoms with E-state index in [1.807, 2.05) is 0 Å². The topological polar surface area (TPSA) is 86.9 Å². The Bertz CT molecular complexity index is 545. The standard InChI is InChI=1S/C11H14N4O2/c1-11(2,12)10-13-9(17-14-10)7-15-5-3-8(16)4-6-15/h3-6H,7,12H2,1-2H3. The van der Waals surface area contributed by atoms with Gasteiger partial charge in [-0.25, -0.2) is 0 Å². The Kier molecular flexibility index (Phi) is 2.81. The number of nitrogens with zero attached hydrogens (tertiary/aromatic N) is 3. The van der Waals surface area contributed by atoms with E-state index >= 15 is 0 Å². The van der Waals surface area contributed by atoms with E-state index in [4.69, 9.17) is 10.3 Å². The normalized spacial score (nSPS) is 11.7. The van der Waals surface area contributed by atoms with Crippen molar-refractivity contribution in [2.45, 2.75) is 25.9 Å². The van der Waals surface area contributed by atoms with Crippen molar-refractivity contribution >= 4 is 0 Å². The van der Waals surface area contributed by atoms with Gasteiger partial charge in [0.1, 0.15) is 6.54 Å². The Morgan fingerprint density at radius 1 is 1.41 bits per heavy atom. The fraction of sp³-hybridized carbons (Fsp3) is 0.364. The first-order valence-electron chi connectivity index (χ1n) is 5.23. The lowest BCUT2D eigenvalue weighted by Crippen LogP contribution is -2.30. The minimum atomic E-state index is -0.620. The molecule has 0 aliphatic heterocycles. The third-order valence-corrected chi connectivity index (χ3v) is 2.22. The summed E-state index contributed by atoms with van der Waals surface area (Å²) in [5.41, 5.74) is 5.20. The molecular formula is C11H14N4O2. The molecule has 0 aromatic carbocycles. The Hall–Kier alpha value is -1.95. The van der Waals surface area contributed by atoms with Crippen LogP contribution >= 0.6 is 0 Å². The van der Waals surface area contributed by atoms with Crippen LogP contribution in [0, 0.1) is 0 Å². The largest absolute Gasteiger partial charge is 0.345 e. The van der Waals surface area contributed by atoms with Crippen LogP contribution in [-0.2, 0) is 12.1 Å². The van der Waals surface area contributed by atoms with Crippen LogP contribution in [0.25, 0.3) is 0 Å². The van der Waals surface area contributed by atoms with Crippen LogP contribution in [0.15, 0.2) is 33.8 Å². The Morgan fingerprint density at radius 3 is 2.59 bits per heavy atom. The van der Waals surface area contributed by atoms with Gasteiger partial charge in [-0.3, -0.25) is 4.79 Å². The summed E-state index contributed by atoms with van der Waals surface area (Å²) in [6.45, 7) is 4.03. The zero-order chi connectivity index (χ0) is 12.5. The highest BCUT2D eigenvalue weighted by molar-refractivity contribution is 5.00. The second-order valence-electron chi connectivity index (χ2n) is 4.44. The summed E-state index contributed by atoms with van der Waals surface area (Å²) < 4.78 is 6.87. The fourth-order valence-corrected chi connectivity index (χ4v) is 1.29. The molecule has 0 aliphatic rings. The second-order valence-corrected chi connectivity index (χ2v) is 4.44. The summed E-state index contributed by atoms with van der Waals surface area (Å²) in [5, 5.41) is 3.81. The first kappa shape index (κ1) is 11.5. The average Bonchev–Trinajstić information content (AvgIpc) is 2.69. The van der Waals surface area contributed by atoms with Crippen molar-refractivity contribution in [3.05, 3.63) is 46.5 Å². The highest BCUT2D eigenvalue weighted by atomic mass is 16.5. The van der Waals surface area contributed by atoms with E-state index in [9.17, 15) is 4.79 Å². The van der Waals surface area contributed by atoms with Crippen molar-refractivity contribution in [3.63, 3.8) is 0 Å². The molecule has 0 fully saturated rings.